The van der Waals surface area contributed by atoms with E-state index in [-0.39, 0.29) is 12.1 Å². The number of benzene rings is 1. The van der Waals surface area contributed by atoms with Gasteiger partial charge in [-0.25, -0.2) is 4.79 Å². The van der Waals surface area contributed by atoms with Crippen molar-refractivity contribution < 1.29 is 46.3 Å². The van der Waals surface area contributed by atoms with Crippen LogP contribution in [-0.4, -0.2) is 21.1 Å². The first-order chi connectivity index (χ1) is 9.78. The van der Waals surface area contributed by atoms with Crippen LogP contribution in [0, 0.1) is 10.1 Å². The Hall–Kier alpha value is -2.37. The Balaban J connectivity index is 3.90. The highest BCUT2D eigenvalue weighted by molar-refractivity contribution is 5.76. The zero-order chi connectivity index (χ0) is 17.5. The van der Waals surface area contributed by atoms with E-state index < -0.39 is 51.7 Å². The number of nitro groups is 1. The predicted octanol–water partition coefficient (Wildman–Crippen LogP) is 2.75. The number of aliphatic hydroxyl groups excluding tert-OH is 1. The lowest BCUT2D eigenvalue weighted by atomic mass is 9.96. The molecule has 6 nitrogen and oxygen atoms in total. The van der Waals surface area contributed by atoms with Gasteiger partial charge >= 0.3 is 18.3 Å². The van der Waals surface area contributed by atoms with Crippen molar-refractivity contribution in [3.8, 4) is 0 Å². The van der Waals surface area contributed by atoms with Crippen LogP contribution in [0.15, 0.2) is 12.1 Å². The van der Waals surface area contributed by atoms with E-state index in [1.165, 1.54) is 0 Å². The molecule has 0 bridgehead atoms. The summed E-state index contributed by atoms with van der Waals surface area (Å²) in [4.78, 5) is 19.5. The van der Waals surface area contributed by atoms with Gasteiger partial charge in [-0.2, -0.15) is 26.3 Å². The SMILES string of the molecule is O=C(O)C(O)c1ccc(C(F)(F)F)c(C(F)(F)F)c1[N+](=O)[O-]. The second-order valence-electron chi connectivity index (χ2n) is 3.92. The van der Waals surface area contributed by atoms with Gasteiger partial charge in [-0.15, -0.1) is 0 Å². The van der Waals surface area contributed by atoms with Gasteiger partial charge in [-0.05, 0) is 12.1 Å². The molecule has 0 aliphatic carbocycles. The Morgan fingerprint density at radius 1 is 1.14 bits per heavy atom. The summed E-state index contributed by atoms with van der Waals surface area (Å²) in [6.07, 6.45) is -14.1. The van der Waals surface area contributed by atoms with E-state index in [0.717, 1.165) is 0 Å². The fourth-order valence-corrected chi connectivity index (χ4v) is 1.68. The third-order valence-electron chi connectivity index (χ3n) is 2.51. The molecule has 0 aliphatic heterocycles. The van der Waals surface area contributed by atoms with Crippen molar-refractivity contribution in [3.63, 3.8) is 0 Å². The Bertz CT molecular complexity index is 623. The molecule has 1 aromatic carbocycles. The highest BCUT2D eigenvalue weighted by Gasteiger charge is 2.50. The average molecular weight is 333 g/mol. The molecule has 122 valence electrons. The van der Waals surface area contributed by atoms with Gasteiger partial charge in [0.2, 0.25) is 0 Å². The molecule has 0 saturated carbocycles. The van der Waals surface area contributed by atoms with Gasteiger partial charge in [0, 0.05) is 0 Å². The molecule has 1 rings (SSSR count). The molecule has 0 heterocycles. The van der Waals surface area contributed by atoms with E-state index in [1.54, 1.807) is 0 Å². The van der Waals surface area contributed by atoms with Gasteiger partial charge < -0.3 is 10.2 Å². The van der Waals surface area contributed by atoms with Crippen LogP contribution in [-0.2, 0) is 17.1 Å². The number of rotatable bonds is 3. The van der Waals surface area contributed by atoms with Crippen LogP contribution in [0.2, 0.25) is 0 Å². The Morgan fingerprint density at radius 3 is 1.95 bits per heavy atom. The number of carboxylic acids is 1. The minimum absolute atomic E-state index is 0.120. The molecule has 1 atom stereocenters. The highest BCUT2D eigenvalue weighted by atomic mass is 19.4. The van der Waals surface area contributed by atoms with Crippen LogP contribution in [0.4, 0.5) is 32.0 Å². The number of hydrogen-bond acceptors (Lipinski definition) is 4. The summed E-state index contributed by atoms with van der Waals surface area (Å²) >= 11 is 0. The summed E-state index contributed by atoms with van der Waals surface area (Å²) in [6, 6.07) is -0.0493. The van der Waals surface area contributed by atoms with E-state index in [2.05, 4.69) is 0 Å². The molecule has 2 N–H and O–H groups in total. The van der Waals surface area contributed by atoms with Crippen molar-refractivity contribution in [2.45, 2.75) is 18.5 Å². The van der Waals surface area contributed by atoms with Gasteiger partial charge in [-0.1, -0.05) is 0 Å². The smallest absolute Gasteiger partial charge is 0.423 e. The molecule has 0 fully saturated rings. The number of nitro benzene ring substituents is 1. The van der Waals surface area contributed by atoms with E-state index >= 15 is 0 Å². The van der Waals surface area contributed by atoms with Crippen LogP contribution in [0.25, 0.3) is 0 Å². The maximum Gasteiger partial charge on any atom is 0.423 e. The summed E-state index contributed by atoms with van der Waals surface area (Å²) in [5, 5.41) is 28.4. The minimum atomic E-state index is -5.79. The van der Waals surface area contributed by atoms with Crippen LogP contribution >= 0.6 is 0 Å². The van der Waals surface area contributed by atoms with E-state index in [1.807, 2.05) is 0 Å². The number of alkyl halides is 6. The Labute approximate surface area is 116 Å². The Kier molecular flexibility index (Phi) is 4.37. The molecule has 0 radical (unpaired) electrons. The first kappa shape index (κ1) is 17.7. The van der Waals surface area contributed by atoms with Crippen LogP contribution in [0.1, 0.15) is 22.8 Å². The number of carboxylic acid groups (broad SMARTS) is 1. The number of hydrogen-bond donors (Lipinski definition) is 2. The topological polar surface area (TPSA) is 101 Å². The first-order valence-corrected chi connectivity index (χ1v) is 5.15. The van der Waals surface area contributed by atoms with Crippen molar-refractivity contribution in [3.05, 3.63) is 38.9 Å². The van der Waals surface area contributed by atoms with E-state index in [4.69, 9.17) is 10.2 Å². The number of carbonyl (C=O) groups is 1. The van der Waals surface area contributed by atoms with E-state index in [0.29, 0.717) is 0 Å². The number of aliphatic carboxylic acids is 1. The van der Waals surface area contributed by atoms with Crippen molar-refractivity contribution in [1.29, 1.82) is 0 Å². The van der Waals surface area contributed by atoms with Crippen LogP contribution in [0.5, 0.6) is 0 Å². The predicted molar refractivity (Wildman–Crippen MR) is 55.7 cm³/mol. The molecule has 22 heavy (non-hydrogen) atoms. The first-order valence-electron chi connectivity index (χ1n) is 5.15. The zero-order valence-electron chi connectivity index (χ0n) is 10.1. The Morgan fingerprint density at radius 2 is 1.64 bits per heavy atom. The van der Waals surface area contributed by atoms with Crippen LogP contribution in [0.3, 0.4) is 0 Å². The normalized spacial score (nSPS) is 13.8. The highest BCUT2D eigenvalue weighted by Crippen LogP contribution is 2.47. The zero-order valence-corrected chi connectivity index (χ0v) is 10.1. The number of nitrogens with zero attached hydrogens (tertiary/aromatic N) is 1. The van der Waals surface area contributed by atoms with Gasteiger partial charge in [-0.3, -0.25) is 10.1 Å². The largest absolute Gasteiger partial charge is 0.479 e. The summed E-state index contributed by atoms with van der Waals surface area (Å²) in [6.45, 7) is 0. The van der Waals surface area contributed by atoms with Crippen molar-refractivity contribution in [2.24, 2.45) is 0 Å². The molecule has 0 spiro atoms. The molecule has 0 aromatic heterocycles. The number of aliphatic hydroxyl groups is 1. The standard InChI is InChI=1S/C10H5F6NO5/c11-9(12,13)4-2-1-3(7(18)8(19)20)6(17(21)22)5(4)10(14,15)16/h1-2,7,18H,(H,19,20). The molecule has 1 aromatic rings. The van der Waals surface area contributed by atoms with Crippen LogP contribution < -0.4 is 0 Å². The fraction of sp³-hybridized carbons (Fsp3) is 0.300. The van der Waals surface area contributed by atoms with Crippen molar-refractivity contribution >= 4 is 11.7 Å². The summed E-state index contributed by atoms with van der Waals surface area (Å²) in [5.74, 6) is -2.16. The molecule has 12 heteroatoms. The summed E-state index contributed by atoms with van der Waals surface area (Å²) in [5.41, 5.74) is -8.58. The monoisotopic (exact) mass is 333 g/mol. The summed E-state index contributed by atoms with van der Waals surface area (Å²) < 4.78 is 76.3. The molecular weight excluding hydrogens is 328 g/mol. The van der Waals surface area contributed by atoms with Crippen molar-refractivity contribution in [1.82, 2.24) is 0 Å². The minimum Gasteiger partial charge on any atom is -0.479 e. The second-order valence-corrected chi connectivity index (χ2v) is 3.92. The lowest BCUT2D eigenvalue weighted by molar-refractivity contribution is -0.389. The second kappa shape index (κ2) is 5.44. The molecule has 1 unspecified atom stereocenters. The molecule has 0 amide bonds. The lowest BCUT2D eigenvalue weighted by Gasteiger charge is -2.18. The maximum absolute atomic E-state index is 12.8. The third-order valence-corrected chi connectivity index (χ3v) is 2.51. The van der Waals surface area contributed by atoms with E-state index in [9.17, 15) is 41.3 Å². The summed E-state index contributed by atoms with van der Waals surface area (Å²) in [7, 11) is 0. The molecule has 0 aliphatic rings. The third kappa shape index (κ3) is 3.27. The molecule has 0 saturated heterocycles. The maximum atomic E-state index is 12.8. The molecular formula is C10H5F6NO5. The van der Waals surface area contributed by atoms with Gasteiger partial charge in [0.25, 0.3) is 5.69 Å². The van der Waals surface area contributed by atoms with Gasteiger partial charge in [0.15, 0.2) is 6.10 Å². The van der Waals surface area contributed by atoms with Crippen molar-refractivity contribution in [2.75, 3.05) is 0 Å². The number of halogens is 6. The van der Waals surface area contributed by atoms with Gasteiger partial charge in [0.05, 0.1) is 16.1 Å². The fourth-order valence-electron chi connectivity index (χ4n) is 1.68. The quantitative estimate of drug-likeness (QED) is 0.503. The van der Waals surface area contributed by atoms with Gasteiger partial charge in [0.1, 0.15) is 5.56 Å². The average Bonchev–Trinajstić information content (AvgIpc) is 2.33. The lowest BCUT2D eigenvalue weighted by Crippen LogP contribution is -2.22.